The van der Waals surface area contributed by atoms with Gasteiger partial charge in [0.05, 0.1) is 10.7 Å². The number of hydrogen-bond donors (Lipinski definition) is 2. The fraction of sp³-hybridized carbons (Fsp3) is 0.300. The number of hydrogen-bond acceptors (Lipinski definition) is 2. The first-order valence-corrected chi connectivity index (χ1v) is 5.79. The molecule has 1 amide bonds. The highest BCUT2D eigenvalue weighted by atomic mass is 35.5. The van der Waals surface area contributed by atoms with Crippen molar-refractivity contribution in [1.82, 2.24) is 0 Å². The molecule has 0 aliphatic rings. The molecule has 0 aromatic heterocycles. The second-order valence-electron chi connectivity index (χ2n) is 3.10. The number of thiol groups is 1. The van der Waals surface area contributed by atoms with Crippen LogP contribution < -0.4 is 5.32 Å². The quantitative estimate of drug-likeness (QED) is 0.803. The highest BCUT2D eigenvalue weighted by Gasteiger charge is 2.07. The Balaban J connectivity index is 2.86. The van der Waals surface area contributed by atoms with Crippen LogP contribution in [0.5, 0.6) is 0 Å². The number of anilines is 1. The number of carbonyl (C=O) groups excluding carboxylic acids is 1. The maximum atomic E-state index is 11.3. The zero-order chi connectivity index (χ0) is 11.4. The molecule has 1 N–H and O–H groups in total. The summed E-state index contributed by atoms with van der Waals surface area (Å²) in [5.41, 5.74) is 1.42. The molecule has 0 unspecified atom stereocenters. The zero-order valence-electron chi connectivity index (χ0n) is 8.18. The first-order chi connectivity index (χ1) is 7.04. The molecule has 1 aromatic carbocycles. The molecule has 0 atom stereocenters. The van der Waals surface area contributed by atoms with Crippen molar-refractivity contribution < 1.29 is 4.79 Å². The van der Waals surface area contributed by atoms with Gasteiger partial charge in [0.2, 0.25) is 5.91 Å². The van der Waals surface area contributed by atoms with Gasteiger partial charge in [-0.3, -0.25) is 4.79 Å². The van der Waals surface area contributed by atoms with Crippen LogP contribution in [0.25, 0.3) is 0 Å². The number of aryl methyl sites for hydroxylation is 1. The zero-order valence-corrected chi connectivity index (χ0v) is 10.6. The number of benzene rings is 1. The summed E-state index contributed by atoms with van der Waals surface area (Å²) < 4.78 is 0. The van der Waals surface area contributed by atoms with E-state index in [0.29, 0.717) is 27.9 Å². The van der Waals surface area contributed by atoms with Crippen molar-refractivity contribution in [2.75, 3.05) is 11.1 Å². The van der Waals surface area contributed by atoms with E-state index in [1.54, 1.807) is 12.1 Å². The van der Waals surface area contributed by atoms with E-state index >= 15 is 0 Å². The molecule has 0 aliphatic carbocycles. The molecule has 0 saturated carbocycles. The monoisotopic (exact) mass is 263 g/mol. The topological polar surface area (TPSA) is 29.1 Å². The van der Waals surface area contributed by atoms with E-state index in [9.17, 15) is 4.79 Å². The van der Waals surface area contributed by atoms with Crippen LogP contribution in [0.4, 0.5) is 5.69 Å². The fourth-order valence-electron chi connectivity index (χ4n) is 1.06. The van der Waals surface area contributed by atoms with Gasteiger partial charge < -0.3 is 5.32 Å². The Morgan fingerprint density at radius 1 is 1.40 bits per heavy atom. The first kappa shape index (κ1) is 12.7. The molecule has 1 aromatic rings. The van der Waals surface area contributed by atoms with Crippen LogP contribution in [-0.4, -0.2) is 11.7 Å². The summed E-state index contributed by atoms with van der Waals surface area (Å²) in [7, 11) is 0. The number of halogens is 2. The Labute approximate surface area is 104 Å². The average molecular weight is 264 g/mol. The van der Waals surface area contributed by atoms with Crippen molar-refractivity contribution in [3.05, 3.63) is 27.7 Å². The van der Waals surface area contributed by atoms with E-state index in [4.69, 9.17) is 23.2 Å². The molecule has 0 heterocycles. The molecule has 82 valence electrons. The average Bonchev–Trinajstić information content (AvgIpc) is 2.14. The van der Waals surface area contributed by atoms with Crippen molar-refractivity contribution in [3.8, 4) is 0 Å². The Hall–Kier alpha value is -0.380. The van der Waals surface area contributed by atoms with Crippen LogP contribution in [0, 0.1) is 6.92 Å². The molecular weight excluding hydrogens is 253 g/mol. The molecule has 0 saturated heterocycles. The number of amides is 1. The second kappa shape index (κ2) is 5.64. The van der Waals surface area contributed by atoms with Crippen LogP contribution in [0.1, 0.15) is 12.0 Å². The number of nitrogens with one attached hydrogen (secondary N) is 1. The van der Waals surface area contributed by atoms with Gasteiger partial charge in [-0.05, 0) is 30.4 Å². The lowest BCUT2D eigenvalue weighted by molar-refractivity contribution is -0.115. The van der Waals surface area contributed by atoms with Gasteiger partial charge in [-0.2, -0.15) is 12.6 Å². The van der Waals surface area contributed by atoms with Gasteiger partial charge in [0, 0.05) is 11.4 Å². The molecule has 2 nitrogen and oxygen atoms in total. The van der Waals surface area contributed by atoms with E-state index in [-0.39, 0.29) is 5.91 Å². The van der Waals surface area contributed by atoms with Crippen molar-refractivity contribution >= 4 is 47.4 Å². The normalized spacial score (nSPS) is 10.1. The minimum Gasteiger partial charge on any atom is -0.325 e. The van der Waals surface area contributed by atoms with E-state index < -0.39 is 0 Å². The van der Waals surface area contributed by atoms with E-state index in [2.05, 4.69) is 17.9 Å². The Morgan fingerprint density at radius 3 is 2.67 bits per heavy atom. The van der Waals surface area contributed by atoms with Crippen LogP contribution in [-0.2, 0) is 4.79 Å². The third-order valence-corrected chi connectivity index (χ3v) is 2.80. The summed E-state index contributed by atoms with van der Waals surface area (Å²) in [6.45, 7) is 1.85. The predicted octanol–water partition coefficient (Wildman–Crippen LogP) is 3.56. The van der Waals surface area contributed by atoms with Crippen LogP contribution >= 0.6 is 35.8 Å². The SMILES string of the molecule is Cc1cc(Cl)c(NC(=O)CCS)cc1Cl. The van der Waals surface area contributed by atoms with Crippen molar-refractivity contribution in [2.24, 2.45) is 0 Å². The number of carbonyl (C=O) groups is 1. The van der Waals surface area contributed by atoms with Crippen molar-refractivity contribution in [2.45, 2.75) is 13.3 Å². The summed E-state index contributed by atoms with van der Waals surface area (Å²) in [5, 5.41) is 3.75. The van der Waals surface area contributed by atoms with Crippen molar-refractivity contribution in [3.63, 3.8) is 0 Å². The fourth-order valence-corrected chi connectivity index (χ4v) is 1.69. The molecule has 5 heteroatoms. The maximum Gasteiger partial charge on any atom is 0.225 e. The van der Waals surface area contributed by atoms with Gasteiger partial charge >= 0.3 is 0 Å². The minimum atomic E-state index is -0.119. The summed E-state index contributed by atoms with van der Waals surface area (Å²) in [6.07, 6.45) is 0.352. The lowest BCUT2D eigenvalue weighted by atomic mass is 10.2. The maximum absolute atomic E-state index is 11.3. The van der Waals surface area contributed by atoms with E-state index in [0.717, 1.165) is 5.56 Å². The van der Waals surface area contributed by atoms with Crippen molar-refractivity contribution in [1.29, 1.82) is 0 Å². The Bertz CT molecular complexity index is 382. The van der Waals surface area contributed by atoms with E-state index in [1.807, 2.05) is 6.92 Å². The van der Waals surface area contributed by atoms with Gasteiger partial charge in [-0.15, -0.1) is 0 Å². The van der Waals surface area contributed by atoms with Gasteiger partial charge in [0.1, 0.15) is 0 Å². The molecule has 1 rings (SSSR count). The third kappa shape index (κ3) is 3.59. The van der Waals surface area contributed by atoms with Gasteiger partial charge in [0.25, 0.3) is 0 Å². The summed E-state index contributed by atoms with van der Waals surface area (Å²) in [6, 6.07) is 3.37. The third-order valence-electron chi connectivity index (χ3n) is 1.86. The summed E-state index contributed by atoms with van der Waals surface area (Å²) >= 11 is 15.8. The number of rotatable bonds is 3. The lowest BCUT2D eigenvalue weighted by Crippen LogP contribution is -2.12. The highest BCUT2D eigenvalue weighted by Crippen LogP contribution is 2.28. The molecular formula is C10H11Cl2NOS. The Morgan fingerprint density at radius 2 is 2.07 bits per heavy atom. The summed E-state index contributed by atoms with van der Waals surface area (Å²) in [5.74, 6) is 0.384. The lowest BCUT2D eigenvalue weighted by Gasteiger charge is -2.08. The molecule has 0 spiro atoms. The molecule has 0 fully saturated rings. The van der Waals surface area contributed by atoms with Gasteiger partial charge in [0.15, 0.2) is 0 Å². The van der Waals surface area contributed by atoms with Gasteiger partial charge in [-0.1, -0.05) is 23.2 Å². The van der Waals surface area contributed by atoms with Crippen LogP contribution in [0.3, 0.4) is 0 Å². The molecule has 0 radical (unpaired) electrons. The molecule has 0 aliphatic heterocycles. The summed E-state index contributed by atoms with van der Waals surface area (Å²) in [4.78, 5) is 11.3. The highest BCUT2D eigenvalue weighted by molar-refractivity contribution is 7.80. The Kier molecular flexibility index (Phi) is 4.77. The van der Waals surface area contributed by atoms with Crippen LogP contribution in [0.2, 0.25) is 10.0 Å². The second-order valence-corrected chi connectivity index (χ2v) is 4.36. The largest absolute Gasteiger partial charge is 0.325 e. The van der Waals surface area contributed by atoms with Gasteiger partial charge in [-0.25, -0.2) is 0 Å². The standard InChI is InChI=1S/C10H11Cl2NOS/c1-6-4-8(12)9(5-7(6)11)13-10(14)2-3-15/h4-5,15H,2-3H2,1H3,(H,13,14). The van der Waals surface area contributed by atoms with E-state index in [1.165, 1.54) is 0 Å². The first-order valence-electron chi connectivity index (χ1n) is 4.41. The van der Waals surface area contributed by atoms with Crippen LogP contribution in [0.15, 0.2) is 12.1 Å². The molecule has 15 heavy (non-hydrogen) atoms. The predicted molar refractivity (Wildman–Crippen MR) is 68.3 cm³/mol. The minimum absolute atomic E-state index is 0.119. The smallest absolute Gasteiger partial charge is 0.225 e. The molecule has 0 bridgehead atoms.